The number of benzene rings is 2. The minimum atomic E-state index is -0.918. The maximum Gasteiger partial charge on any atom is 0.338 e. The predicted octanol–water partition coefficient (Wildman–Crippen LogP) is 3.53. The lowest BCUT2D eigenvalue weighted by Crippen LogP contribution is -2.44. The first kappa shape index (κ1) is 35.0. The van der Waals surface area contributed by atoms with Crippen LogP contribution in [0.2, 0.25) is 0 Å². The molecule has 0 saturated carbocycles. The number of rotatable bonds is 11. The number of aliphatic hydroxyl groups excluding tert-OH is 1. The molecule has 0 radical (unpaired) electrons. The standard InChI is InChI=1S/C35H41IN2O9/c1-34(2,3)46-30(41)12-11-26(20-39)38-29(40)13-14-37-32(42)24-16-27(44-33(43)21-9-6-10-25(36)15-21)31-28(17-24)45-35(47-31)18-22-7-4-5-8-23(22)19-35/h4-10,15,17,26-28,31,39H,11-14,16,18-20H2,1-3H3,(H,37,42)(H,38,40). The molecule has 0 aromatic heterocycles. The van der Waals surface area contributed by atoms with Crippen molar-refractivity contribution in [3.63, 3.8) is 0 Å². The van der Waals surface area contributed by atoms with Crippen LogP contribution in [0.4, 0.5) is 0 Å². The van der Waals surface area contributed by atoms with Crippen molar-refractivity contribution in [1.82, 2.24) is 10.6 Å². The Hall–Kier alpha value is -3.33. The van der Waals surface area contributed by atoms with Gasteiger partial charge >= 0.3 is 11.9 Å². The van der Waals surface area contributed by atoms with E-state index in [4.69, 9.17) is 18.9 Å². The lowest BCUT2D eigenvalue weighted by Gasteiger charge is -2.30. The van der Waals surface area contributed by atoms with Crippen molar-refractivity contribution >= 4 is 46.3 Å². The van der Waals surface area contributed by atoms with Crippen molar-refractivity contribution in [3.8, 4) is 0 Å². The summed E-state index contributed by atoms with van der Waals surface area (Å²) in [6.45, 7) is 4.99. The van der Waals surface area contributed by atoms with Gasteiger partial charge in [-0.25, -0.2) is 4.79 Å². The van der Waals surface area contributed by atoms with Crippen molar-refractivity contribution in [2.75, 3.05) is 13.2 Å². The molecule has 5 rings (SSSR count). The normalized spacial score (nSPS) is 21.6. The van der Waals surface area contributed by atoms with Crippen molar-refractivity contribution in [1.29, 1.82) is 0 Å². The van der Waals surface area contributed by atoms with Crippen LogP contribution in [0.15, 0.2) is 60.2 Å². The SMILES string of the molecule is CC(C)(C)OC(=O)CCC(CO)NC(=O)CCNC(=O)C1=CC2OC3(Cc4ccccc4C3)OC2C(OC(=O)c2cccc(I)c2)C1. The number of amides is 2. The Labute approximate surface area is 287 Å². The van der Waals surface area contributed by atoms with E-state index in [1.54, 1.807) is 45.0 Å². The van der Waals surface area contributed by atoms with Gasteiger partial charge in [-0.15, -0.1) is 0 Å². The van der Waals surface area contributed by atoms with Gasteiger partial charge < -0.3 is 34.7 Å². The lowest BCUT2D eigenvalue weighted by atomic mass is 9.91. The number of esters is 2. The predicted molar refractivity (Wildman–Crippen MR) is 179 cm³/mol. The molecule has 1 spiro atoms. The molecular formula is C35H41IN2O9. The van der Waals surface area contributed by atoms with E-state index in [9.17, 15) is 24.3 Å². The highest BCUT2D eigenvalue weighted by Crippen LogP contribution is 2.45. The monoisotopic (exact) mass is 760 g/mol. The smallest absolute Gasteiger partial charge is 0.338 e. The van der Waals surface area contributed by atoms with E-state index in [2.05, 4.69) is 33.2 Å². The maximum absolute atomic E-state index is 13.3. The molecule has 4 unspecified atom stereocenters. The van der Waals surface area contributed by atoms with Crippen LogP contribution in [0, 0.1) is 3.57 Å². The number of carbonyl (C=O) groups excluding carboxylic acids is 4. The van der Waals surface area contributed by atoms with Gasteiger partial charge in [-0.05, 0) is 85.2 Å². The number of hydrogen-bond donors (Lipinski definition) is 3. The zero-order chi connectivity index (χ0) is 33.8. The number of fused-ring (bicyclic) bond motifs is 2. The molecule has 47 heavy (non-hydrogen) atoms. The molecule has 4 atom stereocenters. The molecule has 2 aliphatic carbocycles. The van der Waals surface area contributed by atoms with E-state index in [0.717, 1.165) is 14.7 Å². The van der Waals surface area contributed by atoms with Gasteiger partial charge in [0.05, 0.1) is 18.2 Å². The van der Waals surface area contributed by atoms with Gasteiger partial charge in [0.15, 0.2) is 5.79 Å². The van der Waals surface area contributed by atoms with Crippen molar-refractivity contribution in [2.45, 2.75) is 95.0 Å². The van der Waals surface area contributed by atoms with Crippen LogP contribution >= 0.6 is 22.6 Å². The molecule has 2 aromatic carbocycles. The first-order valence-corrected chi connectivity index (χ1v) is 16.9. The van der Waals surface area contributed by atoms with Gasteiger partial charge in [-0.2, -0.15) is 0 Å². The molecule has 11 nitrogen and oxygen atoms in total. The van der Waals surface area contributed by atoms with Gasteiger partial charge in [0, 0.05) is 47.8 Å². The number of ether oxygens (including phenoxy) is 4. The number of carbonyl (C=O) groups is 4. The number of hydrogen-bond acceptors (Lipinski definition) is 9. The Morgan fingerprint density at radius 3 is 2.43 bits per heavy atom. The molecule has 2 amide bonds. The highest BCUT2D eigenvalue weighted by atomic mass is 127. The Morgan fingerprint density at radius 2 is 1.77 bits per heavy atom. The number of nitrogens with one attached hydrogen (secondary N) is 2. The second kappa shape index (κ2) is 14.8. The Bertz CT molecular complexity index is 1510. The summed E-state index contributed by atoms with van der Waals surface area (Å²) in [5.41, 5.74) is 2.41. The number of aliphatic hydroxyl groups is 1. The van der Waals surface area contributed by atoms with Crippen LogP contribution in [0.5, 0.6) is 0 Å². The Balaban J connectivity index is 1.20. The van der Waals surface area contributed by atoms with Crippen LogP contribution in [0.1, 0.15) is 67.9 Å². The zero-order valence-electron chi connectivity index (χ0n) is 26.8. The third-order valence-corrected chi connectivity index (χ3v) is 8.84. The molecule has 12 heteroatoms. The molecular weight excluding hydrogens is 719 g/mol. The van der Waals surface area contributed by atoms with Crippen molar-refractivity contribution in [2.24, 2.45) is 0 Å². The molecule has 1 fully saturated rings. The van der Waals surface area contributed by atoms with E-state index in [1.807, 2.05) is 30.3 Å². The highest BCUT2D eigenvalue weighted by Gasteiger charge is 2.55. The summed E-state index contributed by atoms with van der Waals surface area (Å²) in [5, 5.41) is 15.1. The van der Waals surface area contributed by atoms with Crippen LogP contribution < -0.4 is 10.6 Å². The summed E-state index contributed by atoms with van der Waals surface area (Å²) in [6.07, 6.45) is 1.15. The molecule has 2 aromatic rings. The third kappa shape index (κ3) is 9.18. The maximum atomic E-state index is 13.3. The van der Waals surface area contributed by atoms with E-state index < -0.39 is 53.6 Å². The van der Waals surface area contributed by atoms with E-state index >= 15 is 0 Å². The van der Waals surface area contributed by atoms with Gasteiger partial charge in [0.1, 0.15) is 23.9 Å². The summed E-state index contributed by atoms with van der Waals surface area (Å²) in [6, 6.07) is 14.5. The summed E-state index contributed by atoms with van der Waals surface area (Å²) in [5.74, 6) is -2.64. The molecule has 252 valence electrons. The Kier molecular flexibility index (Phi) is 11.0. The lowest BCUT2D eigenvalue weighted by molar-refractivity contribution is -0.172. The first-order chi connectivity index (χ1) is 22.3. The first-order valence-electron chi connectivity index (χ1n) is 15.8. The van der Waals surface area contributed by atoms with Gasteiger partial charge in [-0.1, -0.05) is 30.3 Å². The topological polar surface area (TPSA) is 149 Å². The molecule has 1 heterocycles. The minimum absolute atomic E-state index is 0.0316. The average Bonchev–Trinajstić information content (AvgIpc) is 3.56. The molecule has 1 aliphatic heterocycles. The minimum Gasteiger partial charge on any atom is -0.460 e. The van der Waals surface area contributed by atoms with E-state index in [-0.39, 0.29) is 44.7 Å². The fourth-order valence-corrected chi connectivity index (χ4v) is 6.62. The summed E-state index contributed by atoms with van der Waals surface area (Å²) >= 11 is 2.13. The molecule has 3 aliphatic rings. The Morgan fingerprint density at radius 1 is 1.04 bits per heavy atom. The second-order valence-electron chi connectivity index (χ2n) is 13.1. The summed E-state index contributed by atoms with van der Waals surface area (Å²) in [7, 11) is 0. The molecule has 1 saturated heterocycles. The number of halogens is 1. The largest absolute Gasteiger partial charge is 0.460 e. The molecule has 0 bridgehead atoms. The van der Waals surface area contributed by atoms with Crippen molar-refractivity contribution in [3.05, 3.63) is 80.4 Å². The summed E-state index contributed by atoms with van der Waals surface area (Å²) < 4.78 is 25.2. The van der Waals surface area contributed by atoms with Gasteiger partial charge in [-0.3, -0.25) is 14.4 Å². The van der Waals surface area contributed by atoms with E-state index in [1.165, 1.54) is 0 Å². The van der Waals surface area contributed by atoms with Crippen LogP contribution in [-0.4, -0.2) is 77.8 Å². The van der Waals surface area contributed by atoms with Crippen LogP contribution in [0.25, 0.3) is 0 Å². The van der Waals surface area contributed by atoms with Crippen LogP contribution in [0.3, 0.4) is 0 Å². The highest BCUT2D eigenvalue weighted by molar-refractivity contribution is 14.1. The fraction of sp³-hybridized carbons (Fsp3) is 0.486. The van der Waals surface area contributed by atoms with Gasteiger partial charge in [0.2, 0.25) is 11.8 Å². The average molecular weight is 761 g/mol. The zero-order valence-corrected chi connectivity index (χ0v) is 28.9. The summed E-state index contributed by atoms with van der Waals surface area (Å²) in [4.78, 5) is 51.1. The fourth-order valence-electron chi connectivity index (χ4n) is 6.08. The van der Waals surface area contributed by atoms with E-state index in [0.29, 0.717) is 24.0 Å². The second-order valence-corrected chi connectivity index (χ2v) is 14.4. The molecule has 3 N–H and O–H groups in total. The van der Waals surface area contributed by atoms with Gasteiger partial charge in [0.25, 0.3) is 0 Å². The van der Waals surface area contributed by atoms with Crippen molar-refractivity contribution < 1.29 is 43.2 Å². The quantitative estimate of drug-likeness (QED) is 0.231. The van der Waals surface area contributed by atoms with Crippen LogP contribution in [-0.2, 0) is 46.2 Å². The third-order valence-electron chi connectivity index (χ3n) is 8.17.